The lowest BCUT2D eigenvalue weighted by atomic mass is 10.1. The summed E-state index contributed by atoms with van der Waals surface area (Å²) in [4.78, 5) is 0. The average molecular weight is 261 g/mol. The van der Waals surface area contributed by atoms with Crippen molar-refractivity contribution in [3.63, 3.8) is 0 Å². The second-order valence-corrected chi connectivity index (χ2v) is 4.51. The van der Waals surface area contributed by atoms with E-state index in [1.54, 1.807) is 0 Å². The summed E-state index contributed by atoms with van der Waals surface area (Å²) in [6.07, 6.45) is 3.78. The van der Waals surface area contributed by atoms with Crippen LogP contribution in [0.15, 0.2) is 10.7 Å². The minimum atomic E-state index is 0.226. The summed E-state index contributed by atoms with van der Waals surface area (Å²) in [6, 6.07) is 0. The van der Waals surface area contributed by atoms with Crippen molar-refractivity contribution in [2.24, 2.45) is 5.92 Å². The Hall–Kier alpha value is -0.350. The van der Waals surface area contributed by atoms with E-state index in [4.69, 9.17) is 5.11 Å². The molecule has 0 spiro atoms. The number of hydrogen-bond acceptors (Lipinski definition) is 2. The number of nitrogens with zero attached hydrogens (tertiary/aromatic N) is 2. The largest absolute Gasteiger partial charge is 0.396 e. The van der Waals surface area contributed by atoms with Crippen LogP contribution in [0.4, 0.5) is 0 Å². The standard InChI is InChI=1S/C10H17BrN2O/c1-3-4-13-10(5-8(2)7-14)9(11)6-12-13/h6,8,14H,3-5,7H2,1-2H3. The predicted molar refractivity (Wildman–Crippen MR) is 60.2 cm³/mol. The van der Waals surface area contributed by atoms with Crippen molar-refractivity contribution in [3.05, 3.63) is 16.4 Å². The van der Waals surface area contributed by atoms with Crippen LogP contribution in [0.1, 0.15) is 26.0 Å². The lowest BCUT2D eigenvalue weighted by Crippen LogP contribution is -2.11. The molecule has 0 saturated heterocycles. The maximum absolute atomic E-state index is 9.00. The summed E-state index contributed by atoms with van der Waals surface area (Å²) in [5.41, 5.74) is 1.19. The molecule has 0 amide bonds. The highest BCUT2D eigenvalue weighted by atomic mass is 79.9. The molecule has 14 heavy (non-hydrogen) atoms. The van der Waals surface area contributed by atoms with Crippen LogP contribution >= 0.6 is 15.9 Å². The summed E-state index contributed by atoms with van der Waals surface area (Å²) in [5.74, 6) is 0.290. The van der Waals surface area contributed by atoms with Crippen LogP contribution in [0, 0.1) is 5.92 Å². The van der Waals surface area contributed by atoms with E-state index in [0.29, 0.717) is 5.92 Å². The minimum Gasteiger partial charge on any atom is -0.396 e. The van der Waals surface area contributed by atoms with E-state index < -0.39 is 0 Å². The van der Waals surface area contributed by atoms with Gasteiger partial charge >= 0.3 is 0 Å². The van der Waals surface area contributed by atoms with Crippen LogP contribution in [-0.4, -0.2) is 21.5 Å². The predicted octanol–water partition coefficient (Wildman–Crippen LogP) is 2.23. The van der Waals surface area contributed by atoms with Crippen molar-refractivity contribution in [2.45, 2.75) is 33.2 Å². The van der Waals surface area contributed by atoms with Crippen LogP contribution in [-0.2, 0) is 13.0 Å². The summed E-state index contributed by atoms with van der Waals surface area (Å²) in [6.45, 7) is 5.34. The van der Waals surface area contributed by atoms with Crippen LogP contribution in [0.3, 0.4) is 0 Å². The van der Waals surface area contributed by atoms with Crippen LogP contribution in [0.25, 0.3) is 0 Å². The molecule has 1 aromatic heterocycles. The molecule has 1 atom stereocenters. The van der Waals surface area contributed by atoms with Gasteiger partial charge in [0.05, 0.1) is 16.4 Å². The fourth-order valence-electron chi connectivity index (χ4n) is 1.39. The molecule has 80 valence electrons. The van der Waals surface area contributed by atoms with Crippen molar-refractivity contribution in [2.75, 3.05) is 6.61 Å². The zero-order chi connectivity index (χ0) is 10.6. The number of aryl methyl sites for hydroxylation is 1. The highest BCUT2D eigenvalue weighted by Gasteiger charge is 2.11. The Balaban J connectivity index is 2.76. The Bertz CT molecular complexity index is 286. The molecule has 0 bridgehead atoms. The van der Waals surface area contributed by atoms with E-state index in [1.807, 2.05) is 17.8 Å². The molecule has 1 unspecified atom stereocenters. The van der Waals surface area contributed by atoms with E-state index in [-0.39, 0.29) is 6.61 Å². The van der Waals surface area contributed by atoms with Crippen molar-refractivity contribution < 1.29 is 5.11 Å². The number of halogens is 1. The average Bonchev–Trinajstić information content (AvgIpc) is 2.50. The zero-order valence-electron chi connectivity index (χ0n) is 8.70. The van der Waals surface area contributed by atoms with Crippen molar-refractivity contribution in [1.29, 1.82) is 0 Å². The molecule has 3 nitrogen and oxygen atoms in total. The first-order valence-corrected chi connectivity index (χ1v) is 5.79. The zero-order valence-corrected chi connectivity index (χ0v) is 10.3. The molecule has 0 aliphatic carbocycles. The molecule has 1 rings (SSSR count). The van der Waals surface area contributed by atoms with Crippen LogP contribution in [0.5, 0.6) is 0 Å². The summed E-state index contributed by atoms with van der Waals surface area (Å²) in [7, 11) is 0. The summed E-state index contributed by atoms with van der Waals surface area (Å²) >= 11 is 3.48. The number of aliphatic hydroxyl groups is 1. The third kappa shape index (κ3) is 2.82. The van der Waals surface area contributed by atoms with Gasteiger partial charge in [-0.3, -0.25) is 4.68 Å². The van der Waals surface area contributed by atoms with Crippen molar-refractivity contribution in [1.82, 2.24) is 9.78 Å². The molecule has 4 heteroatoms. The number of aromatic nitrogens is 2. The number of hydrogen-bond donors (Lipinski definition) is 1. The normalized spacial score (nSPS) is 13.1. The fraction of sp³-hybridized carbons (Fsp3) is 0.700. The molecular formula is C10H17BrN2O. The Kier molecular flexibility index (Phi) is 4.62. The third-order valence-electron chi connectivity index (χ3n) is 2.19. The van der Waals surface area contributed by atoms with Crippen molar-refractivity contribution >= 4 is 15.9 Å². The fourth-order valence-corrected chi connectivity index (χ4v) is 1.85. The van der Waals surface area contributed by atoms with Gasteiger partial charge in [-0.25, -0.2) is 0 Å². The van der Waals surface area contributed by atoms with Gasteiger partial charge in [-0.2, -0.15) is 5.10 Å². The van der Waals surface area contributed by atoms with E-state index in [2.05, 4.69) is 28.0 Å². The van der Waals surface area contributed by atoms with Crippen molar-refractivity contribution in [3.8, 4) is 0 Å². The summed E-state index contributed by atoms with van der Waals surface area (Å²) in [5, 5.41) is 13.3. The Morgan fingerprint density at radius 2 is 2.36 bits per heavy atom. The summed E-state index contributed by atoms with van der Waals surface area (Å²) < 4.78 is 3.06. The monoisotopic (exact) mass is 260 g/mol. The Morgan fingerprint density at radius 1 is 1.64 bits per heavy atom. The Morgan fingerprint density at radius 3 is 2.93 bits per heavy atom. The van der Waals surface area contributed by atoms with Gasteiger partial charge in [0.25, 0.3) is 0 Å². The second-order valence-electron chi connectivity index (χ2n) is 3.65. The maximum Gasteiger partial charge on any atom is 0.0635 e. The molecule has 0 aliphatic heterocycles. The third-order valence-corrected chi connectivity index (χ3v) is 2.85. The smallest absolute Gasteiger partial charge is 0.0635 e. The quantitative estimate of drug-likeness (QED) is 0.882. The minimum absolute atomic E-state index is 0.226. The van der Waals surface area contributed by atoms with E-state index in [0.717, 1.165) is 23.9 Å². The van der Waals surface area contributed by atoms with E-state index >= 15 is 0 Å². The Labute approximate surface area is 93.3 Å². The first kappa shape index (κ1) is 11.7. The van der Waals surface area contributed by atoms with Gasteiger partial charge in [-0.05, 0) is 34.7 Å². The first-order chi connectivity index (χ1) is 6.69. The van der Waals surface area contributed by atoms with Gasteiger partial charge < -0.3 is 5.11 Å². The van der Waals surface area contributed by atoms with Crippen LogP contribution in [0.2, 0.25) is 0 Å². The van der Waals surface area contributed by atoms with Gasteiger partial charge in [-0.1, -0.05) is 13.8 Å². The highest BCUT2D eigenvalue weighted by Crippen LogP contribution is 2.19. The van der Waals surface area contributed by atoms with Crippen LogP contribution < -0.4 is 0 Å². The van der Waals surface area contributed by atoms with E-state index in [1.165, 1.54) is 5.69 Å². The molecule has 0 radical (unpaired) electrons. The maximum atomic E-state index is 9.00. The lowest BCUT2D eigenvalue weighted by Gasteiger charge is -2.10. The SMILES string of the molecule is CCCn1ncc(Br)c1CC(C)CO. The molecular weight excluding hydrogens is 244 g/mol. The molecule has 0 saturated carbocycles. The lowest BCUT2D eigenvalue weighted by molar-refractivity contribution is 0.234. The van der Waals surface area contributed by atoms with Gasteiger partial charge in [0.2, 0.25) is 0 Å². The number of aliphatic hydroxyl groups excluding tert-OH is 1. The molecule has 1 aromatic rings. The van der Waals surface area contributed by atoms with Gasteiger partial charge in [0.1, 0.15) is 0 Å². The first-order valence-electron chi connectivity index (χ1n) is 5.00. The topological polar surface area (TPSA) is 38.0 Å². The molecule has 0 fully saturated rings. The molecule has 1 N–H and O–H groups in total. The molecule has 0 aromatic carbocycles. The highest BCUT2D eigenvalue weighted by molar-refractivity contribution is 9.10. The van der Waals surface area contributed by atoms with E-state index in [9.17, 15) is 0 Å². The van der Waals surface area contributed by atoms with Gasteiger partial charge in [-0.15, -0.1) is 0 Å². The second kappa shape index (κ2) is 5.51. The van der Waals surface area contributed by atoms with Gasteiger partial charge in [0.15, 0.2) is 0 Å². The van der Waals surface area contributed by atoms with Gasteiger partial charge in [0, 0.05) is 13.2 Å². The number of rotatable bonds is 5. The molecule has 1 heterocycles. The molecule has 0 aliphatic rings.